The maximum absolute atomic E-state index is 13.4. The van der Waals surface area contributed by atoms with Crippen molar-refractivity contribution < 1.29 is 9.59 Å². The number of urea groups is 1. The van der Waals surface area contributed by atoms with Gasteiger partial charge in [0.1, 0.15) is 0 Å². The lowest BCUT2D eigenvalue weighted by Crippen LogP contribution is -2.46. The number of carbonyl (C=O) groups is 2. The fourth-order valence-electron chi connectivity index (χ4n) is 4.73. The monoisotopic (exact) mass is 426 g/mol. The fourth-order valence-corrected chi connectivity index (χ4v) is 4.85. The summed E-state index contributed by atoms with van der Waals surface area (Å²) in [5.74, 6) is 0.0583. The van der Waals surface area contributed by atoms with Gasteiger partial charge in [-0.3, -0.25) is 4.79 Å². The predicted molar refractivity (Wildman–Crippen MR) is 120 cm³/mol. The number of rotatable bonds is 3. The third-order valence-electron chi connectivity index (χ3n) is 6.45. The molecule has 2 aliphatic rings. The molecule has 0 bridgehead atoms. The van der Waals surface area contributed by atoms with E-state index in [1.807, 2.05) is 35.2 Å². The highest BCUT2D eigenvalue weighted by atomic mass is 35.5. The molecule has 2 atom stereocenters. The number of halogens is 1. The third-order valence-corrected chi connectivity index (χ3v) is 6.70. The van der Waals surface area contributed by atoms with E-state index >= 15 is 0 Å². The van der Waals surface area contributed by atoms with Crippen molar-refractivity contribution in [3.05, 3.63) is 59.6 Å². The van der Waals surface area contributed by atoms with E-state index in [0.29, 0.717) is 30.2 Å². The highest BCUT2D eigenvalue weighted by Gasteiger charge is 2.52. The SMILES string of the molecule is CN1CC[C@@]2(C(=O)Nc3ccccc3)CCN(C(=O)Nc3ccc(Cl)cc3)CC[C@@H]12. The number of nitrogens with zero attached hydrogens (tertiary/aromatic N) is 2. The summed E-state index contributed by atoms with van der Waals surface area (Å²) in [6, 6.07) is 16.6. The normalized spacial score (nSPS) is 24.1. The molecule has 2 aliphatic heterocycles. The highest BCUT2D eigenvalue weighted by Crippen LogP contribution is 2.44. The summed E-state index contributed by atoms with van der Waals surface area (Å²) >= 11 is 5.92. The van der Waals surface area contributed by atoms with Gasteiger partial charge in [-0.05, 0) is 69.3 Å². The maximum atomic E-state index is 13.4. The molecule has 2 fully saturated rings. The zero-order valence-electron chi connectivity index (χ0n) is 17.1. The van der Waals surface area contributed by atoms with Gasteiger partial charge in [0.2, 0.25) is 5.91 Å². The van der Waals surface area contributed by atoms with Crippen LogP contribution in [0.15, 0.2) is 54.6 Å². The minimum absolute atomic E-state index is 0.0583. The molecule has 2 saturated heterocycles. The number of hydrogen-bond donors (Lipinski definition) is 2. The van der Waals surface area contributed by atoms with Crippen LogP contribution in [0.3, 0.4) is 0 Å². The Labute approximate surface area is 182 Å². The van der Waals surface area contributed by atoms with Crippen molar-refractivity contribution in [3.8, 4) is 0 Å². The molecule has 0 unspecified atom stereocenters. The summed E-state index contributed by atoms with van der Waals surface area (Å²) in [5, 5.41) is 6.68. The second kappa shape index (κ2) is 8.66. The van der Waals surface area contributed by atoms with Gasteiger partial charge in [0.05, 0.1) is 5.41 Å². The Balaban J connectivity index is 1.48. The molecule has 30 heavy (non-hydrogen) atoms. The molecular formula is C23H27ClN4O2. The van der Waals surface area contributed by atoms with Gasteiger partial charge in [-0.25, -0.2) is 4.79 Å². The Morgan fingerprint density at radius 2 is 1.60 bits per heavy atom. The van der Waals surface area contributed by atoms with E-state index in [1.165, 1.54) is 0 Å². The first-order chi connectivity index (χ1) is 14.5. The molecule has 0 aromatic heterocycles. The summed E-state index contributed by atoms with van der Waals surface area (Å²) in [4.78, 5) is 30.3. The average Bonchev–Trinajstić information content (AvgIpc) is 2.94. The molecule has 0 radical (unpaired) electrons. The van der Waals surface area contributed by atoms with Gasteiger partial charge in [0.15, 0.2) is 0 Å². The van der Waals surface area contributed by atoms with Gasteiger partial charge < -0.3 is 20.4 Å². The lowest BCUT2D eigenvalue weighted by atomic mass is 9.75. The fraction of sp³-hybridized carbons (Fsp3) is 0.391. The number of amides is 3. The summed E-state index contributed by atoms with van der Waals surface area (Å²) < 4.78 is 0. The Kier molecular flexibility index (Phi) is 5.97. The molecule has 0 saturated carbocycles. The van der Waals surface area contributed by atoms with E-state index < -0.39 is 5.41 Å². The van der Waals surface area contributed by atoms with E-state index in [0.717, 1.165) is 25.1 Å². The number of nitrogens with one attached hydrogen (secondary N) is 2. The molecule has 0 aliphatic carbocycles. The second-order valence-electron chi connectivity index (χ2n) is 8.19. The molecule has 158 valence electrons. The minimum Gasteiger partial charge on any atom is -0.326 e. The zero-order valence-corrected chi connectivity index (χ0v) is 17.9. The smallest absolute Gasteiger partial charge is 0.321 e. The van der Waals surface area contributed by atoms with Gasteiger partial charge in [-0.2, -0.15) is 0 Å². The number of likely N-dealkylation sites (tertiary alicyclic amines) is 2. The molecule has 2 N–H and O–H groups in total. The topological polar surface area (TPSA) is 64.7 Å². The number of para-hydroxylation sites is 1. The first-order valence-corrected chi connectivity index (χ1v) is 10.7. The Bertz CT molecular complexity index is 905. The molecular weight excluding hydrogens is 400 g/mol. The summed E-state index contributed by atoms with van der Waals surface area (Å²) in [7, 11) is 2.08. The first kappa shape index (κ1) is 20.7. The van der Waals surface area contributed by atoms with Crippen LogP contribution in [0.4, 0.5) is 16.2 Å². The van der Waals surface area contributed by atoms with Crippen molar-refractivity contribution in [3.63, 3.8) is 0 Å². The Morgan fingerprint density at radius 1 is 0.933 bits per heavy atom. The number of hydrogen-bond acceptors (Lipinski definition) is 3. The summed E-state index contributed by atoms with van der Waals surface area (Å²) in [6.45, 7) is 2.06. The van der Waals surface area contributed by atoms with Gasteiger partial charge in [0.25, 0.3) is 0 Å². The van der Waals surface area contributed by atoms with Crippen LogP contribution < -0.4 is 10.6 Å². The van der Waals surface area contributed by atoms with E-state index in [9.17, 15) is 9.59 Å². The largest absolute Gasteiger partial charge is 0.326 e. The molecule has 0 spiro atoms. The van der Waals surface area contributed by atoms with E-state index in [2.05, 4.69) is 22.6 Å². The Morgan fingerprint density at radius 3 is 2.33 bits per heavy atom. The van der Waals surface area contributed by atoms with Crippen LogP contribution in [0.1, 0.15) is 19.3 Å². The van der Waals surface area contributed by atoms with E-state index in [4.69, 9.17) is 11.6 Å². The summed E-state index contributed by atoms with van der Waals surface area (Å²) in [6.07, 6.45) is 2.22. The standard InChI is InChI=1S/C23H27ClN4O2/c1-27-15-12-23(21(29)25-18-5-3-2-4-6-18)13-16-28(14-11-20(23)27)22(30)26-19-9-7-17(24)8-10-19/h2-10,20H,11-16H2,1H3,(H,25,29)(H,26,30)/t20-,23-/m1/s1. The van der Waals surface area contributed by atoms with Crippen molar-refractivity contribution in [2.24, 2.45) is 5.41 Å². The van der Waals surface area contributed by atoms with Crippen molar-refractivity contribution in [2.75, 3.05) is 37.3 Å². The summed E-state index contributed by atoms with van der Waals surface area (Å²) in [5.41, 5.74) is 1.04. The number of anilines is 2. The van der Waals surface area contributed by atoms with Gasteiger partial charge >= 0.3 is 6.03 Å². The number of benzene rings is 2. The van der Waals surface area contributed by atoms with Crippen LogP contribution in [0.25, 0.3) is 0 Å². The minimum atomic E-state index is -0.486. The van der Waals surface area contributed by atoms with Crippen molar-refractivity contribution in [2.45, 2.75) is 25.3 Å². The third kappa shape index (κ3) is 4.16. The lowest BCUT2D eigenvalue weighted by molar-refractivity contribution is -0.127. The molecule has 2 aromatic rings. The van der Waals surface area contributed by atoms with Crippen molar-refractivity contribution in [1.29, 1.82) is 0 Å². The van der Waals surface area contributed by atoms with Gasteiger partial charge in [0, 0.05) is 35.5 Å². The van der Waals surface area contributed by atoms with Gasteiger partial charge in [-0.1, -0.05) is 29.8 Å². The van der Waals surface area contributed by atoms with Gasteiger partial charge in [-0.15, -0.1) is 0 Å². The molecule has 4 rings (SSSR count). The molecule has 7 heteroatoms. The number of carbonyl (C=O) groups excluding carboxylic acids is 2. The van der Waals surface area contributed by atoms with E-state index in [-0.39, 0.29) is 18.0 Å². The van der Waals surface area contributed by atoms with Crippen LogP contribution in [0.5, 0.6) is 0 Å². The zero-order chi connectivity index (χ0) is 21.1. The van der Waals surface area contributed by atoms with Crippen molar-refractivity contribution in [1.82, 2.24) is 9.80 Å². The van der Waals surface area contributed by atoms with Crippen LogP contribution in [0, 0.1) is 5.41 Å². The second-order valence-corrected chi connectivity index (χ2v) is 8.62. The van der Waals surface area contributed by atoms with E-state index in [1.54, 1.807) is 24.3 Å². The quantitative estimate of drug-likeness (QED) is 0.769. The molecule has 2 heterocycles. The Hall–Kier alpha value is -2.57. The molecule has 2 aromatic carbocycles. The molecule has 3 amide bonds. The van der Waals surface area contributed by atoms with Crippen LogP contribution in [-0.4, -0.2) is 54.5 Å². The van der Waals surface area contributed by atoms with Crippen molar-refractivity contribution >= 4 is 34.9 Å². The van der Waals surface area contributed by atoms with Crippen LogP contribution >= 0.6 is 11.6 Å². The highest BCUT2D eigenvalue weighted by molar-refractivity contribution is 6.30. The van der Waals surface area contributed by atoms with Crippen LogP contribution in [-0.2, 0) is 4.79 Å². The molecule has 6 nitrogen and oxygen atoms in total. The maximum Gasteiger partial charge on any atom is 0.321 e. The average molecular weight is 427 g/mol. The predicted octanol–water partition coefficient (Wildman–Crippen LogP) is 4.30. The number of fused-ring (bicyclic) bond motifs is 1. The van der Waals surface area contributed by atoms with Crippen LogP contribution in [0.2, 0.25) is 5.02 Å². The lowest BCUT2D eigenvalue weighted by Gasteiger charge is -2.34. The first-order valence-electron chi connectivity index (χ1n) is 10.4.